The van der Waals surface area contributed by atoms with Gasteiger partial charge in [-0.1, -0.05) is 0 Å². The molecule has 1 atom stereocenters. The number of rotatable bonds is 3. The van der Waals surface area contributed by atoms with E-state index in [1.165, 1.54) is 6.26 Å². The average Bonchev–Trinajstić information content (AvgIpc) is 1.99. The standard InChI is InChI=1S/C10H22N2O2S/c1-9(7-15(4,13)14)12-6-5-11-10(2,3)8-12/h9,11H,5-8H2,1-4H3. The van der Waals surface area contributed by atoms with Gasteiger partial charge in [0.15, 0.2) is 0 Å². The van der Waals surface area contributed by atoms with Crippen molar-refractivity contribution < 1.29 is 8.42 Å². The number of hydrogen-bond acceptors (Lipinski definition) is 4. The van der Waals surface area contributed by atoms with Crippen LogP contribution in [0.25, 0.3) is 0 Å². The molecule has 0 aromatic carbocycles. The van der Waals surface area contributed by atoms with E-state index < -0.39 is 9.84 Å². The zero-order valence-electron chi connectivity index (χ0n) is 10.1. The minimum Gasteiger partial charge on any atom is -0.309 e. The summed E-state index contributed by atoms with van der Waals surface area (Å²) >= 11 is 0. The van der Waals surface area contributed by atoms with Gasteiger partial charge in [0.25, 0.3) is 0 Å². The Labute approximate surface area is 93.0 Å². The van der Waals surface area contributed by atoms with E-state index in [-0.39, 0.29) is 17.3 Å². The molecular formula is C10H22N2O2S. The van der Waals surface area contributed by atoms with Gasteiger partial charge in [-0.15, -0.1) is 0 Å². The second kappa shape index (κ2) is 4.39. The summed E-state index contributed by atoms with van der Waals surface area (Å²) in [7, 11) is -2.87. The van der Waals surface area contributed by atoms with Crippen molar-refractivity contribution in [2.24, 2.45) is 0 Å². The molecule has 1 unspecified atom stereocenters. The molecule has 1 aliphatic rings. The molecule has 0 spiro atoms. The Morgan fingerprint density at radius 3 is 2.53 bits per heavy atom. The lowest BCUT2D eigenvalue weighted by molar-refractivity contribution is 0.125. The lowest BCUT2D eigenvalue weighted by atomic mass is 10.0. The monoisotopic (exact) mass is 234 g/mol. The van der Waals surface area contributed by atoms with Crippen LogP contribution in [-0.4, -0.2) is 56.5 Å². The van der Waals surface area contributed by atoms with Crippen molar-refractivity contribution in [3.8, 4) is 0 Å². The summed E-state index contributed by atoms with van der Waals surface area (Å²) in [6.45, 7) is 9.05. The maximum Gasteiger partial charge on any atom is 0.148 e. The summed E-state index contributed by atoms with van der Waals surface area (Å²) in [6, 6.07) is 0.112. The summed E-state index contributed by atoms with van der Waals surface area (Å²) in [5.41, 5.74) is 0.0873. The molecule has 1 fully saturated rings. The van der Waals surface area contributed by atoms with Crippen LogP contribution in [0, 0.1) is 0 Å². The van der Waals surface area contributed by atoms with Crippen LogP contribution in [0.4, 0.5) is 0 Å². The van der Waals surface area contributed by atoms with Gasteiger partial charge in [-0.05, 0) is 20.8 Å². The van der Waals surface area contributed by atoms with Crippen molar-refractivity contribution in [3.05, 3.63) is 0 Å². The first-order valence-corrected chi connectivity index (χ1v) is 7.42. The Kier molecular flexibility index (Phi) is 3.79. The topological polar surface area (TPSA) is 49.4 Å². The first-order chi connectivity index (χ1) is 6.70. The lowest BCUT2D eigenvalue weighted by Crippen LogP contribution is -2.59. The molecule has 1 saturated heterocycles. The normalized spacial score (nSPS) is 25.1. The van der Waals surface area contributed by atoms with Crippen LogP contribution in [0.2, 0.25) is 0 Å². The molecule has 1 heterocycles. The van der Waals surface area contributed by atoms with Crippen molar-refractivity contribution in [2.45, 2.75) is 32.4 Å². The van der Waals surface area contributed by atoms with Gasteiger partial charge in [-0.2, -0.15) is 0 Å². The highest BCUT2D eigenvalue weighted by molar-refractivity contribution is 7.90. The first kappa shape index (κ1) is 12.9. The average molecular weight is 234 g/mol. The van der Waals surface area contributed by atoms with Crippen molar-refractivity contribution in [1.29, 1.82) is 0 Å². The molecule has 0 bridgehead atoms. The van der Waals surface area contributed by atoms with Gasteiger partial charge in [0.2, 0.25) is 0 Å². The smallest absolute Gasteiger partial charge is 0.148 e. The van der Waals surface area contributed by atoms with Crippen molar-refractivity contribution in [2.75, 3.05) is 31.6 Å². The van der Waals surface area contributed by atoms with Crippen LogP contribution in [-0.2, 0) is 9.84 Å². The van der Waals surface area contributed by atoms with Gasteiger partial charge in [0, 0.05) is 37.5 Å². The van der Waals surface area contributed by atoms with Gasteiger partial charge in [-0.3, -0.25) is 4.90 Å². The third-order valence-electron chi connectivity index (χ3n) is 2.77. The number of nitrogens with zero attached hydrogens (tertiary/aromatic N) is 1. The summed E-state index contributed by atoms with van der Waals surface area (Å²) in [5.74, 6) is 0.253. The van der Waals surface area contributed by atoms with Crippen molar-refractivity contribution in [1.82, 2.24) is 10.2 Å². The zero-order chi connectivity index (χ0) is 11.7. The SMILES string of the molecule is CC(CS(C)(=O)=O)N1CCNC(C)(C)C1. The van der Waals surface area contributed by atoms with Crippen LogP contribution in [0.1, 0.15) is 20.8 Å². The van der Waals surface area contributed by atoms with Crippen LogP contribution < -0.4 is 5.32 Å². The fraction of sp³-hybridized carbons (Fsp3) is 1.00. The largest absolute Gasteiger partial charge is 0.309 e. The maximum absolute atomic E-state index is 11.2. The Hall–Kier alpha value is -0.130. The second-order valence-corrected chi connectivity index (χ2v) is 7.41. The van der Waals surface area contributed by atoms with E-state index in [1.807, 2.05) is 6.92 Å². The third-order valence-corrected chi connectivity index (χ3v) is 3.86. The lowest BCUT2D eigenvalue weighted by Gasteiger charge is -2.41. The Bertz CT molecular complexity index is 311. The highest BCUT2D eigenvalue weighted by atomic mass is 32.2. The van der Waals surface area contributed by atoms with Crippen molar-refractivity contribution in [3.63, 3.8) is 0 Å². The molecule has 0 saturated carbocycles. The number of sulfone groups is 1. The summed E-state index contributed by atoms with van der Waals surface area (Å²) in [4.78, 5) is 2.25. The maximum atomic E-state index is 11.2. The molecule has 1 rings (SSSR count). The van der Waals surface area contributed by atoms with Crippen LogP contribution in [0.15, 0.2) is 0 Å². The predicted molar refractivity (Wildman–Crippen MR) is 62.8 cm³/mol. The van der Waals surface area contributed by atoms with E-state index in [0.29, 0.717) is 0 Å². The zero-order valence-corrected chi connectivity index (χ0v) is 10.9. The number of piperazine rings is 1. The molecule has 5 heteroatoms. The number of hydrogen-bond donors (Lipinski definition) is 1. The van der Waals surface area contributed by atoms with Gasteiger partial charge < -0.3 is 5.32 Å². The molecule has 1 aliphatic heterocycles. The van der Waals surface area contributed by atoms with E-state index in [2.05, 4.69) is 24.1 Å². The molecule has 0 aliphatic carbocycles. The first-order valence-electron chi connectivity index (χ1n) is 5.36. The molecule has 0 aromatic heterocycles. The number of nitrogens with one attached hydrogen (secondary N) is 1. The van der Waals surface area contributed by atoms with E-state index in [4.69, 9.17) is 0 Å². The molecule has 90 valence electrons. The minimum absolute atomic E-state index is 0.0873. The molecule has 0 amide bonds. The van der Waals surface area contributed by atoms with Crippen molar-refractivity contribution >= 4 is 9.84 Å². The highest BCUT2D eigenvalue weighted by Crippen LogP contribution is 2.13. The Morgan fingerprint density at radius 1 is 1.47 bits per heavy atom. The molecule has 15 heavy (non-hydrogen) atoms. The molecular weight excluding hydrogens is 212 g/mol. The summed E-state index contributed by atoms with van der Waals surface area (Å²) < 4.78 is 22.4. The third kappa shape index (κ3) is 4.49. The van der Waals surface area contributed by atoms with E-state index in [9.17, 15) is 8.42 Å². The molecule has 0 radical (unpaired) electrons. The Balaban J connectivity index is 2.57. The Morgan fingerprint density at radius 2 is 2.07 bits per heavy atom. The quantitative estimate of drug-likeness (QED) is 0.752. The van der Waals surface area contributed by atoms with E-state index in [0.717, 1.165) is 19.6 Å². The van der Waals surface area contributed by atoms with Crippen LogP contribution in [0.3, 0.4) is 0 Å². The predicted octanol–water partition coefficient (Wildman–Crippen LogP) is 0.103. The highest BCUT2D eigenvalue weighted by Gasteiger charge is 2.29. The van der Waals surface area contributed by atoms with Crippen LogP contribution >= 0.6 is 0 Å². The second-order valence-electron chi connectivity index (χ2n) is 5.22. The molecule has 4 nitrogen and oxygen atoms in total. The molecule has 0 aromatic rings. The fourth-order valence-corrected chi connectivity index (χ4v) is 3.19. The van der Waals surface area contributed by atoms with E-state index >= 15 is 0 Å². The fourth-order valence-electron chi connectivity index (χ4n) is 2.10. The van der Waals surface area contributed by atoms with Gasteiger partial charge in [-0.25, -0.2) is 8.42 Å². The van der Waals surface area contributed by atoms with Crippen LogP contribution in [0.5, 0.6) is 0 Å². The summed E-state index contributed by atoms with van der Waals surface area (Å²) in [5, 5.41) is 3.41. The van der Waals surface area contributed by atoms with Gasteiger partial charge in [0.05, 0.1) is 5.75 Å². The minimum atomic E-state index is -2.87. The van der Waals surface area contributed by atoms with E-state index in [1.54, 1.807) is 0 Å². The molecule has 1 N–H and O–H groups in total. The van der Waals surface area contributed by atoms with Gasteiger partial charge >= 0.3 is 0 Å². The summed E-state index contributed by atoms with van der Waals surface area (Å²) in [6.07, 6.45) is 1.30. The van der Waals surface area contributed by atoms with Gasteiger partial charge in [0.1, 0.15) is 9.84 Å².